The molecule has 2 N–H and O–H groups in total. The Bertz CT molecular complexity index is 462. The summed E-state index contributed by atoms with van der Waals surface area (Å²) in [6.07, 6.45) is 3.47. The molecule has 72 valence electrons. The number of aromatic nitrogens is 2. The summed E-state index contributed by atoms with van der Waals surface area (Å²) in [5, 5.41) is 0. The largest absolute Gasteiger partial charge is 0.397 e. The summed E-state index contributed by atoms with van der Waals surface area (Å²) >= 11 is 0. The summed E-state index contributed by atoms with van der Waals surface area (Å²) in [5.41, 5.74) is 6.85. The van der Waals surface area contributed by atoms with Gasteiger partial charge in [-0.1, -0.05) is 0 Å². The van der Waals surface area contributed by atoms with Crippen LogP contribution in [0.5, 0.6) is 0 Å². The molecule has 0 fully saturated rings. The minimum Gasteiger partial charge on any atom is -0.397 e. The maximum Gasteiger partial charge on any atom is 0.125 e. The van der Waals surface area contributed by atoms with Crippen molar-refractivity contribution in [2.45, 2.75) is 6.92 Å². The highest BCUT2D eigenvalue weighted by molar-refractivity contribution is 5.58. The van der Waals surface area contributed by atoms with Crippen LogP contribution in [-0.4, -0.2) is 9.55 Å². The number of imidazole rings is 1. The lowest BCUT2D eigenvalue weighted by atomic mass is 10.2. The maximum atomic E-state index is 12.8. The third kappa shape index (κ3) is 1.35. The van der Waals surface area contributed by atoms with Gasteiger partial charge in [0, 0.05) is 12.4 Å². The zero-order chi connectivity index (χ0) is 10.1. The van der Waals surface area contributed by atoms with Crippen molar-refractivity contribution < 1.29 is 4.39 Å². The molecule has 1 aromatic carbocycles. The number of halogens is 1. The van der Waals surface area contributed by atoms with Crippen LogP contribution in [0.1, 0.15) is 5.82 Å². The zero-order valence-corrected chi connectivity index (χ0v) is 7.74. The molecular weight excluding hydrogens is 181 g/mol. The summed E-state index contributed by atoms with van der Waals surface area (Å²) in [7, 11) is 0. The second-order valence-corrected chi connectivity index (χ2v) is 3.05. The highest BCUT2D eigenvalue weighted by Gasteiger charge is 2.04. The van der Waals surface area contributed by atoms with Gasteiger partial charge in [0.1, 0.15) is 11.6 Å². The number of nitrogens with two attached hydrogens (primary N) is 1. The van der Waals surface area contributed by atoms with Crippen LogP contribution in [0.4, 0.5) is 10.1 Å². The van der Waals surface area contributed by atoms with E-state index >= 15 is 0 Å². The maximum absolute atomic E-state index is 12.8. The van der Waals surface area contributed by atoms with Crippen LogP contribution in [0.15, 0.2) is 30.6 Å². The molecule has 0 atom stereocenters. The number of benzene rings is 1. The molecule has 0 aliphatic rings. The van der Waals surface area contributed by atoms with Crippen molar-refractivity contribution in [3.8, 4) is 5.69 Å². The van der Waals surface area contributed by atoms with Gasteiger partial charge in [0.15, 0.2) is 0 Å². The molecule has 0 saturated heterocycles. The Morgan fingerprint density at radius 3 is 2.79 bits per heavy atom. The van der Waals surface area contributed by atoms with E-state index in [9.17, 15) is 4.39 Å². The first-order valence-corrected chi connectivity index (χ1v) is 4.24. The van der Waals surface area contributed by atoms with Gasteiger partial charge in [-0.2, -0.15) is 0 Å². The van der Waals surface area contributed by atoms with Gasteiger partial charge in [-0.15, -0.1) is 0 Å². The molecule has 0 amide bonds. The minimum absolute atomic E-state index is 0.330. The van der Waals surface area contributed by atoms with Crippen molar-refractivity contribution in [3.63, 3.8) is 0 Å². The summed E-state index contributed by atoms with van der Waals surface area (Å²) < 4.78 is 14.6. The molecule has 1 aromatic heterocycles. The average molecular weight is 191 g/mol. The summed E-state index contributed by atoms with van der Waals surface area (Å²) in [4.78, 5) is 4.07. The Hall–Kier alpha value is -1.84. The van der Waals surface area contributed by atoms with Crippen molar-refractivity contribution in [2.75, 3.05) is 5.73 Å². The van der Waals surface area contributed by atoms with E-state index in [2.05, 4.69) is 4.98 Å². The van der Waals surface area contributed by atoms with E-state index in [1.165, 1.54) is 12.1 Å². The lowest BCUT2D eigenvalue weighted by Gasteiger charge is -2.07. The van der Waals surface area contributed by atoms with E-state index in [4.69, 9.17) is 5.73 Å². The molecule has 0 unspecified atom stereocenters. The third-order valence-electron chi connectivity index (χ3n) is 2.07. The molecule has 0 aliphatic heterocycles. The molecule has 0 radical (unpaired) electrons. The lowest BCUT2D eigenvalue weighted by molar-refractivity contribution is 0.628. The first-order valence-electron chi connectivity index (χ1n) is 4.24. The fraction of sp³-hybridized carbons (Fsp3) is 0.100. The number of hydrogen-bond acceptors (Lipinski definition) is 2. The Balaban J connectivity index is 2.58. The van der Waals surface area contributed by atoms with Crippen LogP contribution in [0.2, 0.25) is 0 Å². The molecule has 1 heterocycles. The first-order chi connectivity index (χ1) is 6.68. The fourth-order valence-electron chi connectivity index (χ4n) is 1.38. The van der Waals surface area contributed by atoms with E-state index < -0.39 is 0 Å². The molecule has 2 rings (SSSR count). The molecule has 0 spiro atoms. The topological polar surface area (TPSA) is 43.8 Å². The van der Waals surface area contributed by atoms with Gasteiger partial charge in [0.25, 0.3) is 0 Å². The SMILES string of the molecule is Cc1nccn1-c1ccc(F)cc1N. The van der Waals surface area contributed by atoms with Crippen LogP contribution in [0.25, 0.3) is 5.69 Å². The smallest absolute Gasteiger partial charge is 0.125 e. The van der Waals surface area contributed by atoms with E-state index in [-0.39, 0.29) is 5.82 Å². The fourth-order valence-corrected chi connectivity index (χ4v) is 1.38. The van der Waals surface area contributed by atoms with Crippen molar-refractivity contribution in [2.24, 2.45) is 0 Å². The monoisotopic (exact) mass is 191 g/mol. The Morgan fingerprint density at radius 2 is 2.21 bits per heavy atom. The minimum atomic E-state index is -0.330. The van der Waals surface area contributed by atoms with E-state index in [1.54, 1.807) is 18.5 Å². The highest BCUT2D eigenvalue weighted by Crippen LogP contribution is 2.19. The molecular formula is C10H10FN3. The Labute approximate surface area is 81.0 Å². The second kappa shape index (κ2) is 3.14. The molecule has 0 saturated carbocycles. The third-order valence-corrected chi connectivity index (χ3v) is 2.07. The summed E-state index contributed by atoms with van der Waals surface area (Å²) in [6, 6.07) is 4.32. The van der Waals surface area contributed by atoms with Gasteiger partial charge in [-0.25, -0.2) is 9.37 Å². The zero-order valence-electron chi connectivity index (χ0n) is 7.74. The number of anilines is 1. The van der Waals surface area contributed by atoms with Crippen molar-refractivity contribution >= 4 is 5.69 Å². The van der Waals surface area contributed by atoms with Crippen LogP contribution < -0.4 is 5.73 Å². The van der Waals surface area contributed by atoms with Gasteiger partial charge >= 0.3 is 0 Å². The summed E-state index contributed by atoms with van der Waals surface area (Å²) in [6.45, 7) is 1.86. The predicted molar refractivity (Wildman–Crippen MR) is 52.7 cm³/mol. The van der Waals surface area contributed by atoms with Crippen molar-refractivity contribution in [1.29, 1.82) is 0 Å². The van der Waals surface area contributed by atoms with Gasteiger partial charge in [0.2, 0.25) is 0 Å². The number of nitrogens with zero attached hydrogens (tertiary/aromatic N) is 2. The normalized spacial score (nSPS) is 10.4. The lowest BCUT2D eigenvalue weighted by Crippen LogP contribution is -2.00. The van der Waals surface area contributed by atoms with E-state index in [0.717, 1.165) is 11.5 Å². The highest BCUT2D eigenvalue weighted by atomic mass is 19.1. The molecule has 0 aliphatic carbocycles. The van der Waals surface area contributed by atoms with Gasteiger partial charge in [-0.05, 0) is 25.1 Å². The Kier molecular flexibility index (Phi) is 1.96. The Morgan fingerprint density at radius 1 is 1.43 bits per heavy atom. The van der Waals surface area contributed by atoms with Gasteiger partial charge < -0.3 is 10.3 Å². The van der Waals surface area contributed by atoms with E-state index in [0.29, 0.717) is 5.69 Å². The second-order valence-electron chi connectivity index (χ2n) is 3.05. The molecule has 0 bridgehead atoms. The van der Waals surface area contributed by atoms with Crippen LogP contribution in [0.3, 0.4) is 0 Å². The predicted octanol–water partition coefficient (Wildman–Crippen LogP) is 1.90. The standard InChI is InChI=1S/C10H10FN3/c1-7-13-4-5-14(7)10-3-2-8(11)6-9(10)12/h2-6H,12H2,1H3. The summed E-state index contributed by atoms with van der Waals surface area (Å²) in [5.74, 6) is 0.493. The van der Waals surface area contributed by atoms with Crippen LogP contribution in [-0.2, 0) is 0 Å². The number of aryl methyl sites for hydroxylation is 1. The quantitative estimate of drug-likeness (QED) is 0.699. The average Bonchev–Trinajstić information content (AvgIpc) is 2.52. The number of nitrogen functional groups attached to an aromatic ring is 1. The van der Waals surface area contributed by atoms with E-state index in [1.807, 2.05) is 11.5 Å². The molecule has 4 heteroatoms. The van der Waals surface area contributed by atoms with Crippen LogP contribution >= 0.6 is 0 Å². The van der Waals surface area contributed by atoms with Gasteiger partial charge in [-0.3, -0.25) is 0 Å². The molecule has 2 aromatic rings. The number of rotatable bonds is 1. The molecule has 3 nitrogen and oxygen atoms in total. The van der Waals surface area contributed by atoms with Crippen molar-refractivity contribution in [1.82, 2.24) is 9.55 Å². The van der Waals surface area contributed by atoms with Crippen LogP contribution in [0, 0.1) is 12.7 Å². The number of hydrogen-bond donors (Lipinski definition) is 1. The first kappa shape index (κ1) is 8.74. The van der Waals surface area contributed by atoms with Gasteiger partial charge in [0.05, 0.1) is 11.4 Å². The molecule has 14 heavy (non-hydrogen) atoms. The van der Waals surface area contributed by atoms with Crippen molar-refractivity contribution in [3.05, 3.63) is 42.2 Å².